The second-order valence-corrected chi connectivity index (χ2v) is 4.51. The minimum absolute atomic E-state index is 0.391. The highest BCUT2D eigenvalue weighted by atomic mass is 35.5. The molecule has 0 aliphatic heterocycles. The molecule has 1 aromatic rings. The molecule has 0 saturated heterocycles. The van der Waals surface area contributed by atoms with Crippen molar-refractivity contribution in [3.05, 3.63) is 22.8 Å². The van der Waals surface area contributed by atoms with Crippen LogP contribution in [0.25, 0.3) is 0 Å². The maximum Gasteiger partial charge on any atom is 0.146 e. The van der Waals surface area contributed by atoms with Gasteiger partial charge < -0.3 is 10.2 Å². The number of nitrogens with one attached hydrogen (secondary N) is 1. The average molecular weight is 253 g/mol. The molecule has 0 fully saturated rings. The predicted molar refractivity (Wildman–Crippen MR) is 70.2 cm³/mol. The number of nitriles is 1. The van der Waals surface area contributed by atoms with Crippen molar-refractivity contribution in [3.63, 3.8) is 0 Å². The number of likely N-dealkylation sites (N-methyl/N-ethyl adjacent to an activating group) is 1. The minimum Gasteiger partial charge on any atom is -0.368 e. The van der Waals surface area contributed by atoms with Crippen molar-refractivity contribution < 1.29 is 0 Å². The maximum atomic E-state index is 8.83. The first-order valence-electron chi connectivity index (χ1n) is 5.55. The van der Waals surface area contributed by atoms with E-state index in [0.29, 0.717) is 22.4 Å². The highest BCUT2D eigenvalue weighted by molar-refractivity contribution is 6.34. The van der Waals surface area contributed by atoms with Crippen LogP contribution < -0.4 is 5.32 Å². The Kier molecular flexibility index (Phi) is 5.20. The van der Waals surface area contributed by atoms with Crippen LogP contribution in [0.2, 0.25) is 5.02 Å². The summed E-state index contributed by atoms with van der Waals surface area (Å²) in [5, 5.41) is 12.4. The average Bonchev–Trinajstić information content (AvgIpc) is 2.31. The number of rotatable bonds is 5. The zero-order valence-electron chi connectivity index (χ0n) is 10.4. The van der Waals surface area contributed by atoms with Gasteiger partial charge in [0.25, 0.3) is 0 Å². The Balaban J connectivity index is 2.56. The monoisotopic (exact) mass is 252 g/mol. The smallest absolute Gasteiger partial charge is 0.146 e. The van der Waals surface area contributed by atoms with Gasteiger partial charge in [0.1, 0.15) is 16.9 Å². The molecule has 0 bridgehead atoms. The summed E-state index contributed by atoms with van der Waals surface area (Å²) in [4.78, 5) is 6.33. The number of nitrogens with zero attached hydrogens (tertiary/aromatic N) is 3. The number of halogens is 1. The molecule has 0 aliphatic rings. The number of anilines is 1. The van der Waals surface area contributed by atoms with Gasteiger partial charge in [0.15, 0.2) is 0 Å². The maximum absolute atomic E-state index is 8.83. The van der Waals surface area contributed by atoms with Crippen molar-refractivity contribution in [1.29, 1.82) is 5.26 Å². The van der Waals surface area contributed by atoms with E-state index in [-0.39, 0.29) is 0 Å². The molecule has 5 heteroatoms. The van der Waals surface area contributed by atoms with E-state index in [1.807, 2.05) is 6.07 Å². The second-order valence-electron chi connectivity index (χ2n) is 4.13. The lowest BCUT2D eigenvalue weighted by Gasteiger charge is -2.21. The fraction of sp³-hybridized carbons (Fsp3) is 0.500. The van der Waals surface area contributed by atoms with Gasteiger partial charge in [-0.05, 0) is 27.0 Å². The van der Waals surface area contributed by atoms with Crippen molar-refractivity contribution in [1.82, 2.24) is 9.88 Å². The van der Waals surface area contributed by atoms with Crippen molar-refractivity contribution in [3.8, 4) is 6.07 Å². The normalized spacial score (nSPS) is 10.6. The fourth-order valence-corrected chi connectivity index (χ4v) is 1.48. The molecule has 4 nitrogen and oxygen atoms in total. The van der Waals surface area contributed by atoms with E-state index in [1.165, 1.54) is 0 Å². The molecular formula is C12H17ClN4. The summed E-state index contributed by atoms with van der Waals surface area (Å²) >= 11 is 6.03. The van der Waals surface area contributed by atoms with Gasteiger partial charge in [-0.15, -0.1) is 0 Å². The molecule has 1 rings (SSSR count). The minimum atomic E-state index is 0.391. The first-order chi connectivity index (χ1) is 8.06. The zero-order valence-corrected chi connectivity index (χ0v) is 11.1. The summed E-state index contributed by atoms with van der Waals surface area (Å²) in [6, 6.07) is 4.14. The molecule has 0 radical (unpaired) electrons. The standard InChI is InChI=1S/C12H17ClN4/c1-9(2)17(3)7-6-16-12-11(13)10(8-14)4-5-15-12/h4-5,9H,6-7H2,1-3H3,(H,15,16). The third-order valence-corrected chi connectivity index (χ3v) is 3.03. The molecule has 0 spiro atoms. The predicted octanol–water partition coefficient (Wildman–Crippen LogP) is 2.36. The van der Waals surface area contributed by atoms with Crippen LogP contribution in [0.4, 0.5) is 5.82 Å². The number of aromatic nitrogens is 1. The highest BCUT2D eigenvalue weighted by Gasteiger charge is 2.07. The molecule has 0 amide bonds. The van der Waals surface area contributed by atoms with Gasteiger partial charge in [-0.2, -0.15) is 5.26 Å². The van der Waals surface area contributed by atoms with E-state index < -0.39 is 0 Å². The molecule has 0 unspecified atom stereocenters. The van der Waals surface area contributed by atoms with Crippen LogP contribution in [-0.4, -0.2) is 36.1 Å². The third-order valence-electron chi connectivity index (χ3n) is 2.65. The van der Waals surface area contributed by atoms with Crippen molar-refractivity contribution >= 4 is 17.4 Å². The summed E-state index contributed by atoms with van der Waals surface area (Å²) in [6.07, 6.45) is 1.58. The Morgan fingerprint density at radius 2 is 2.29 bits per heavy atom. The molecule has 0 atom stereocenters. The van der Waals surface area contributed by atoms with E-state index in [9.17, 15) is 0 Å². The molecule has 0 aliphatic carbocycles. The molecular weight excluding hydrogens is 236 g/mol. The quantitative estimate of drug-likeness (QED) is 0.874. The molecule has 0 saturated carbocycles. The number of pyridine rings is 1. The Morgan fingerprint density at radius 1 is 1.59 bits per heavy atom. The van der Waals surface area contributed by atoms with Crippen LogP contribution in [-0.2, 0) is 0 Å². The van der Waals surface area contributed by atoms with Gasteiger partial charge in [0.2, 0.25) is 0 Å². The molecule has 92 valence electrons. The van der Waals surface area contributed by atoms with Crippen molar-refractivity contribution in [2.75, 3.05) is 25.5 Å². The second kappa shape index (κ2) is 6.43. The summed E-state index contributed by atoms with van der Waals surface area (Å²) in [6.45, 7) is 5.92. The zero-order chi connectivity index (χ0) is 12.8. The molecule has 1 N–H and O–H groups in total. The molecule has 1 aromatic heterocycles. The topological polar surface area (TPSA) is 52.0 Å². The van der Waals surface area contributed by atoms with Gasteiger partial charge in [-0.1, -0.05) is 11.6 Å². The third kappa shape index (κ3) is 3.88. The Labute approximate surface area is 107 Å². The van der Waals surface area contributed by atoms with Gasteiger partial charge in [-0.25, -0.2) is 4.98 Å². The van der Waals surface area contributed by atoms with Crippen LogP contribution >= 0.6 is 11.6 Å². The first-order valence-corrected chi connectivity index (χ1v) is 5.92. The lowest BCUT2D eigenvalue weighted by molar-refractivity contribution is 0.284. The number of hydrogen-bond donors (Lipinski definition) is 1. The van der Waals surface area contributed by atoms with Gasteiger partial charge in [0, 0.05) is 25.3 Å². The van der Waals surface area contributed by atoms with Crippen LogP contribution in [0.3, 0.4) is 0 Å². The Morgan fingerprint density at radius 3 is 2.88 bits per heavy atom. The van der Waals surface area contributed by atoms with Crippen LogP contribution in [0.1, 0.15) is 19.4 Å². The summed E-state index contributed by atoms with van der Waals surface area (Å²) in [5.74, 6) is 0.572. The van der Waals surface area contributed by atoms with E-state index in [2.05, 4.69) is 36.1 Å². The highest BCUT2D eigenvalue weighted by Crippen LogP contribution is 2.22. The Bertz CT molecular complexity index is 411. The van der Waals surface area contributed by atoms with E-state index >= 15 is 0 Å². The van der Waals surface area contributed by atoms with E-state index in [4.69, 9.17) is 16.9 Å². The molecule has 17 heavy (non-hydrogen) atoms. The van der Waals surface area contributed by atoms with Crippen molar-refractivity contribution in [2.24, 2.45) is 0 Å². The lowest BCUT2D eigenvalue weighted by Crippen LogP contribution is -2.31. The van der Waals surface area contributed by atoms with E-state index in [0.717, 1.165) is 13.1 Å². The largest absolute Gasteiger partial charge is 0.368 e. The first kappa shape index (κ1) is 13.8. The number of hydrogen-bond acceptors (Lipinski definition) is 4. The lowest BCUT2D eigenvalue weighted by atomic mass is 10.3. The van der Waals surface area contributed by atoms with Crippen LogP contribution in [0, 0.1) is 11.3 Å². The summed E-state index contributed by atoms with van der Waals surface area (Å²) < 4.78 is 0. The summed E-state index contributed by atoms with van der Waals surface area (Å²) in [7, 11) is 2.06. The molecule has 1 heterocycles. The Hall–Kier alpha value is -1.31. The molecule has 0 aromatic carbocycles. The van der Waals surface area contributed by atoms with E-state index in [1.54, 1.807) is 12.3 Å². The van der Waals surface area contributed by atoms with Crippen LogP contribution in [0.5, 0.6) is 0 Å². The van der Waals surface area contributed by atoms with Gasteiger partial charge in [-0.3, -0.25) is 0 Å². The summed E-state index contributed by atoms with van der Waals surface area (Å²) in [5.41, 5.74) is 0.446. The van der Waals surface area contributed by atoms with Gasteiger partial charge in [0.05, 0.1) is 5.56 Å². The van der Waals surface area contributed by atoms with Crippen molar-refractivity contribution in [2.45, 2.75) is 19.9 Å². The SMILES string of the molecule is CC(C)N(C)CCNc1nccc(C#N)c1Cl. The van der Waals surface area contributed by atoms with Crippen LogP contribution in [0.15, 0.2) is 12.3 Å². The fourth-order valence-electron chi connectivity index (χ4n) is 1.26. The van der Waals surface area contributed by atoms with Gasteiger partial charge >= 0.3 is 0 Å².